The highest BCUT2D eigenvalue weighted by Crippen LogP contribution is 2.21. The molecule has 0 atom stereocenters. The molecule has 5 heteroatoms. The topological polar surface area (TPSA) is 58.4 Å². The van der Waals surface area contributed by atoms with Gasteiger partial charge in [-0.3, -0.25) is 9.58 Å². The van der Waals surface area contributed by atoms with Crippen LogP contribution < -0.4 is 0 Å². The minimum Gasteiger partial charge on any atom is -0.476 e. The van der Waals surface area contributed by atoms with Crippen LogP contribution in [0.2, 0.25) is 0 Å². The summed E-state index contributed by atoms with van der Waals surface area (Å²) in [6.45, 7) is 3.36. The first kappa shape index (κ1) is 13.8. The van der Waals surface area contributed by atoms with E-state index in [0.717, 1.165) is 17.8 Å². The lowest BCUT2D eigenvalue weighted by molar-refractivity contribution is 0.0689. The van der Waals surface area contributed by atoms with E-state index in [-0.39, 0.29) is 5.69 Å². The molecule has 2 heterocycles. The maximum atomic E-state index is 11.0. The van der Waals surface area contributed by atoms with Crippen molar-refractivity contribution in [3.05, 3.63) is 41.6 Å². The van der Waals surface area contributed by atoms with Crippen LogP contribution in [0.3, 0.4) is 0 Å². The van der Waals surface area contributed by atoms with Gasteiger partial charge >= 0.3 is 5.97 Å². The average molecular weight is 285 g/mol. The van der Waals surface area contributed by atoms with Crippen molar-refractivity contribution in [2.45, 2.75) is 19.4 Å². The van der Waals surface area contributed by atoms with E-state index in [1.54, 1.807) is 17.8 Å². The van der Waals surface area contributed by atoms with E-state index in [9.17, 15) is 4.79 Å². The number of carbonyl (C=O) groups is 1. The van der Waals surface area contributed by atoms with E-state index in [0.29, 0.717) is 0 Å². The fourth-order valence-corrected chi connectivity index (χ4v) is 2.82. The Bertz CT molecular complexity index is 640. The summed E-state index contributed by atoms with van der Waals surface area (Å²) >= 11 is 0. The second kappa shape index (κ2) is 5.69. The Morgan fingerprint density at radius 2 is 1.90 bits per heavy atom. The number of rotatable bonds is 4. The highest BCUT2D eigenvalue weighted by molar-refractivity contribution is 5.87. The Kier molecular flexibility index (Phi) is 3.75. The van der Waals surface area contributed by atoms with Gasteiger partial charge in [0, 0.05) is 13.6 Å². The molecule has 1 fully saturated rings. The Morgan fingerprint density at radius 3 is 2.48 bits per heavy atom. The summed E-state index contributed by atoms with van der Waals surface area (Å²) in [6.07, 6.45) is 2.59. The van der Waals surface area contributed by atoms with E-state index < -0.39 is 5.97 Å². The van der Waals surface area contributed by atoms with Gasteiger partial charge in [0.15, 0.2) is 5.69 Å². The standard InChI is InChI=1S/C16H19N3O2/c1-18-15(10-14(17-18)16(20)21)13-6-4-12(5-7-13)11-19-8-2-3-9-19/h4-7,10H,2-3,8-9,11H2,1H3,(H,20,21). The first-order valence-electron chi connectivity index (χ1n) is 7.22. The van der Waals surface area contributed by atoms with Crippen molar-refractivity contribution < 1.29 is 9.90 Å². The molecule has 1 saturated heterocycles. The van der Waals surface area contributed by atoms with Gasteiger partial charge < -0.3 is 5.11 Å². The largest absolute Gasteiger partial charge is 0.476 e. The van der Waals surface area contributed by atoms with E-state index in [2.05, 4.69) is 22.1 Å². The van der Waals surface area contributed by atoms with Crippen molar-refractivity contribution in [3.8, 4) is 11.3 Å². The molecule has 1 aliphatic rings. The lowest BCUT2D eigenvalue weighted by Gasteiger charge is -2.14. The van der Waals surface area contributed by atoms with Crippen molar-refractivity contribution in [3.63, 3.8) is 0 Å². The molecule has 1 aliphatic heterocycles. The number of benzene rings is 1. The quantitative estimate of drug-likeness (QED) is 0.937. The molecule has 0 spiro atoms. The third-order valence-electron chi connectivity index (χ3n) is 3.95. The zero-order valence-electron chi connectivity index (χ0n) is 12.1. The van der Waals surface area contributed by atoms with Crippen LogP contribution in [0.5, 0.6) is 0 Å². The molecule has 0 amide bonds. The van der Waals surface area contributed by atoms with Crippen LogP contribution in [0.25, 0.3) is 11.3 Å². The molecule has 21 heavy (non-hydrogen) atoms. The first-order valence-corrected chi connectivity index (χ1v) is 7.22. The molecule has 0 radical (unpaired) electrons. The van der Waals surface area contributed by atoms with Gasteiger partial charge in [0.25, 0.3) is 0 Å². The van der Waals surface area contributed by atoms with Crippen molar-refractivity contribution in [2.24, 2.45) is 7.05 Å². The lowest BCUT2D eigenvalue weighted by atomic mass is 10.1. The summed E-state index contributed by atoms with van der Waals surface area (Å²) in [5.41, 5.74) is 3.18. The average Bonchev–Trinajstić information content (AvgIpc) is 3.09. The molecule has 110 valence electrons. The van der Waals surface area contributed by atoms with Gasteiger partial charge in [-0.25, -0.2) is 4.79 Å². The third kappa shape index (κ3) is 2.97. The molecule has 2 aromatic rings. The molecular formula is C16H19N3O2. The van der Waals surface area contributed by atoms with Crippen LogP contribution in [0, 0.1) is 0 Å². The normalized spacial score (nSPS) is 15.5. The maximum absolute atomic E-state index is 11.0. The molecular weight excluding hydrogens is 266 g/mol. The van der Waals surface area contributed by atoms with Crippen LogP contribution in [-0.4, -0.2) is 38.8 Å². The van der Waals surface area contributed by atoms with E-state index in [1.807, 2.05) is 12.1 Å². The van der Waals surface area contributed by atoms with Crippen LogP contribution in [-0.2, 0) is 13.6 Å². The molecule has 0 unspecified atom stereocenters. The molecule has 5 nitrogen and oxygen atoms in total. The molecule has 1 N–H and O–H groups in total. The number of nitrogens with zero attached hydrogens (tertiary/aromatic N) is 3. The van der Waals surface area contributed by atoms with E-state index >= 15 is 0 Å². The SMILES string of the molecule is Cn1nc(C(=O)O)cc1-c1ccc(CN2CCCC2)cc1. The zero-order valence-corrected chi connectivity index (χ0v) is 12.1. The molecule has 1 aromatic carbocycles. The number of aromatic carboxylic acids is 1. The number of carboxylic acids is 1. The number of aromatic nitrogens is 2. The summed E-state index contributed by atoms with van der Waals surface area (Å²) in [5.74, 6) is -0.998. The highest BCUT2D eigenvalue weighted by atomic mass is 16.4. The maximum Gasteiger partial charge on any atom is 0.356 e. The van der Waals surface area contributed by atoms with Crippen molar-refractivity contribution in [1.82, 2.24) is 14.7 Å². The minimum absolute atomic E-state index is 0.0774. The number of aryl methyl sites for hydroxylation is 1. The number of likely N-dealkylation sites (tertiary alicyclic amines) is 1. The summed E-state index contributed by atoms with van der Waals surface area (Å²) in [6, 6.07) is 9.90. The second-order valence-electron chi connectivity index (χ2n) is 5.52. The van der Waals surface area contributed by atoms with Gasteiger partial charge in [0.05, 0.1) is 5.69 Å². The summed E-state index contributed by atoms with van der Waals surface area (Å²) in [5, 5.41) is 13.0. The fraction of sp³-hybridized carbons (Fsp3) is 0.375. The smallest absolute Gasteiger partial charge is 0.356 e. The van der Waals surface area contributed by atoms with Gasteiger partial charge in [-0.05, 0) is 43.1 Å². The summed E-state index contributed by atoms with van der Waals surface area (Å²) in [4.78, 5) is 13.4. The number of carboxylic acid groups (broad SMARTS) is 1. The predicted molar refractivity (Wildman–Crippen MR) is 80.1 cm³/mol. The van der Waals surface area contributed by atoms with Crippen molar-refractivity contribution >= 4 is 5.97 Å². The molecule has 0 aliphatic carbocycles. The van der Waals surface area contributed by atoms with Gasteiger partial charge in [-0.1, -0.05) is 24.3 Å². The number of hydrogen-bond donors (Lipinski definition) is 1. The Labute approximate surface area is 123 Å². The van der Waals surface area contributed by atoms with Gasteiger partial charge in [0.1, 0.15) is 0 Å². The summed E-state index contributed by atoms with van der Waals surface area (Å²) < 4.78 is 1.61. The fourth-order valence-electron chi connectivity index (χ4n) is 2.82. The summed E-state index contributed by atoms with van der Waals surface area (Å²) in [7, 11) is 1.76. The van der Waals surface area contributed by atoms with Gasteiger partial charge in [-0.15, -0.1) is 0 Å². The second-order valence-corrected chi connectivity index (χ2v) is 5.52. The molecule has 3 rings (SSSR count). The third-order valence-corrected chi connectivity index (χ3v) is 3.95. The highest BCUT2D eigenvalue weighted by Gasteiger charge is 2.14. The van der Waals surface area contributed by atoms with Crippen LogP contribution in [0.15, 0.2) is 30.3 Å². The van der Waals surface area contributed by atoms with Crippen LogP contribution in [0.4, 0.5) is 0 Å². The molecule has 0 saturated carbocycles. The first-order chi connectivity index (χ1) is 10.1. The van der Waals surface area contributed by atoms with Crippen LogP contribution >= 0.6 is 0 Å². The Hall–Kier alpha value is -2.14. The van der Waals surface area contributed by atoms with Crippen molar-refractivity contribution in [1.29, 1.82) is 0 Å². The zero-order chi connectivity index (χ0) is 14.8. The molecule has 0 bridgehead atoms. The van der Waals surface area contributed by atoms with Crippen molar-refractivity contribution in [2.75, 3.05) is 13.1 Å². The monoisotopic (exact) mass is 285 g/mol. The van der Waals surface area contributed by atoms with Crippen LogP contribution in [0.1, 0.15) is 28.9 Å². The van der Waals surface area contributed by atoms with E-state index in [1.165, 1.54) is 31.5 Å². The molecule has 1 aromatic heterocycles. The van der Waals surface area contributed by atoms with E-state index in [4.69, 9.17) is 5.11 Å². The van der Waals surface area contributed by atoms with Gasteiger partial charge in [-0.2, -0.15) is 5.10 Å². The number of hydrogen-bond acceptors (Lipinski definition) is 3. The Morgan fingerprint density at radius 1 is 1.24 bits per heavy atom. The minimum atomic E-state index is -0.998. The predicted octanol–water partition coefficient (Wildman–Crippen LogP) is 2.38. The lowest BCUT2D eigenvalue weighted by Crippen LogP contribution is -2.18. The Balaban J connectivity index is 1.78. The van der Waals surface area contributed by atoms with Gasteiger partial charge in [0.2, 0.25) is 0 Å².